The van der Waals surface area contributed by atoms with Gasteiger partial charge in [0, 0.05) is 42.9 Å². The van der Waals surface area contributed by atoms with Crippen LogP contribution in [0, 0.1) is 18.8 Å². The fraction of sp³-hybridized carbons (Fsp3) is 0.500. The van der Waals surface area contributed by atoms with Crippen LogP contribution in [-0.2, 0) is 26.0 Å². The highest BCUT2D eigenvalue weighted by Crippen LogP contribution is 2.38. The Labute approximate surface area is 206 Å². The number of nitrogens with one attached hydrogen (secondary N) is 1. The van der Waals surface area contributed by atoms with Crippen LogP contribution in [0.2, 0.25) is 0 Å². The molecule has 1 aromatic heterocycles. The standard InChI is InChI=1S/C26H32N4O4S/c1-17-6-9-24(27-16-17)28-25(31)19-10-12-29(13-11-19)35(33,34)22-7-8-23-21(15-22)14-18(2)30(23)26(32)20-4-3-5-20/h6-9,15-16,18-20H,3-5,10-14H2,1-2H3,(H,27,28,31)/t18-/m1/s1. The van der Waals surface area contributed by atoms with Gasteiger partial charge in [-0.15, -0.1) is 0 Å². The zero-order chi connectivity index (χ0) is 24.7. The van der Waals surface area contributed by atoms with Crippen LogP contribution in [-0.4, -0.2) is 48.7 Å². The van der Waals surface area contributed by atoms with E-state index in [9.17, 15) is 18.0 Å². The number of fused-ring (bicyclic) bond motifs is 1. The number of nitrogens with zero attached hydrogens (tertiary/aromatic N) is 3. The van der Waals surface area contributed by atoms with E-state index in [1.54, 1.807) is 30.5 Å². The molecule has 1 N–H and O–H groups in total. The third-order valence-corrected chi connectivity index (χ3v) is 9.48. The molecule has 3 heterocycles. The Balaban J connectivity index is 1.24. The minimum Gasteiger partial charge on any atom is -0.310 e. The molecule has 1 saturated heterocycles. The van der Waals surface area contributed by atoms with Crippen LogP contribution in [0.1, 0.15) is 50.2 Å². The molecule has 1 saturated carbocycles. The summed E-state index contributed by atoms with van der Waals surface area (Å²) in [7, 11) is -3.68. The molecule has 2 fully saturated rings. The van der Waals surface area contributed by atoms with E-state index in [4.69, 9.17) is 0 Å². The maximum Gasteiger partial charge on any atom is 0.243 e. The van der Waals surface area contributed by atoms with Crippen LogP contribution in [0.15, 0.2) is 41.4 Å². The zero-order valence-electron chi connectivity index (χ0n) is 20.2. The van der Waals surface area contributed by atoms with E-state index in [2.05, 4.69) is 10.3 Å². The average molecular weight is 497 g/mol. The van der Waals surface area contributed by atoms with Crippen molar-refractivity contribution < 1.29 is 18.0 Å². The SMILES string of the molecule is Cc1ccc(NC(=O)C2CCN(S(=O)(=O)c3ccc4c(c3)C[C@@H](C)N4C(=O)C3CCC3)CC2)nc1. The van der Waals surface area contributed by atoms with Gasteiger partial charge < -0.3 is 10.2 Å². The Kier molecular flexibility index (Phi) is 6.40. The van der Waals surface area contributed by atoms with Crippen molar-refractivity contribution in [2.24, 2.45) is 11.8 Å². The first-order valence-electron chi connectivity index (χ1n) is 12.4. The first-order valence-corrected chi connectivity index (χ1v) is 13.9. The molecule has 35 heavy (non-hydrogen) atoms. The van der Waals surface area contributed by atoms with Crippen LogP contribution >= 0.6 is 0 Å². The second-order valence-corrected chi connectivity index (χ2v) is 12.0. The molecule has 8 nitrogen and oxygen atoms in total. The fourth-order valence-electron chi connectivity index (χ4n) is 5.23. The molecule has 1 atom stereocenters. The number of amides is 2. The molecule has 5 rings (SSSR count). The summed E-state index contributed by atoms with van der Waals surface area (Å²) >= 11 is 0. The monoisotopic (exact) mass is 496 g/mol. The molecular weight excluding hydrogens is 464 g/mol. The Morgan fingerprint density at radius 3 is 2.40 bits per heavy atom. The fourth-order valence-corrected chi connectivity index (χ4v) is 6.75. The molecule has 186 valence electrons. The topological polar surface area (TPSA) is 99.7 Å². The van der Waals surface area contributed by atoms with E-state index in [-0.39, 0.29) is 34.6 Å². The van der Waals surface area contributed by atoms with Gasteiger partial charge in [0.25, 0.3) is 0 Å². The third kappa shape index (κ3) is 4.59. The van der Waals surface area contributed by atoms with Crippen molar-refractivity contribution in [3.8, 4) is 0 Å². The molecule has 2 aromatic rings. The second kappa shape index (κ2) is 9.35. The minimum absolute atomic E-state index is 0.0355. The summed E-state index contributed by atoms with van der Waals surface area (Å²) in [4.78, 5) is 31.9. The van der Waals surface area contributed by atoms with E-state index in [0.717, 1.165) is 36.1 Å². The summed E-state index contributed by atoms with van der Waals surface area (Å²) in [6.07, 6.45) is 6.27. The van der Waals surface area contributed by atoms with Crippen LogP contribution in [0.4, 0.5) is 11.5 Å². The second-order valence-electron chi connectivity index (χ2n) is 10.1. The number of hydrogen-bond acceptors (Lipinski definition) is 5. The summed E-state index contributed by atoms with van der Waals surface area (Å²) in [6, 6.07) is 8.83. The number of rotatable bonds is 5. The van der Waals surface area contributed by atoms with E-state index >= 15 is 0 Å². The predicted molar refractivity (Wildman–Crippen MR) is 134 cm³/mol. The maximum atomic E-state index is 13.4. The van der Waals surface area contributed by atoms with Gasteiger partial charge in [0.15, 0.2) is 0 Å². The summed E-state index contributed by atoms with van der Waals surface area (Å²) in [5.74, 6) is 0.400. The molecule has 2 amide bonds. The van der Waals surface area contributed by atoms with Crippen LogP contribution in [0.5, 0.6) is 0 Å². The largest absolute Gasteiger partial charge is 0.310 e. The smallest absolute Gasteiger partial charge is 0.243 e. The molecule has 0 unspecified atom stereocenters. The lowest BCUT2D eigenvalue weighted by molar-refractivity contribution is -0.125. The van der Waals surface area contributed by atoms with E-state index in [1.165, 1.54) is 4.31 Å². The lowest BCUT2D eigenvalue weighted by Gasteiger charge is -2.32. The number of piperidine rings is 1. The molecule has 0 spiro atoms. The van der Waals surface area contributed by atoms with Crippen LogP contribution in [0.25, 0.3) is 0 Å². The van der Waals surface area contributed by atoms with E-state index < -0.39 is 10.0 Å². The van der Waals surface area contributed by atoms with Gasteiger partial charge in [-0.25, -0.2) is 13.4 Å². The predicted octanol–water partition coefficient (Wildman–Crippen LogP) is 3.51. The lowest BCUT2D eigenvalue weighted by atomic mass is 9.84. The van der Waals surface area contributed by atoms with Gasteiger partial charge >= 0.3 is 0 Å². The highest BCUT2D eigenvalue weighted by molar-refractivity contribution is 7.89. The van der Waals surface area contributed by atoms with Gasteiger partial charge in [0.1, 0.15) is 5.82 Å². The average Bonchev–Trinajstić information content (AvgIpc) is 3.14. The van der Waals surface area contributed by atoms with Gasteiger partial charge in [0.05, 0.1) is 4.90 Å². The molecule has 2 aliphatic heterocycles. The summed E-state index contributed by atoms with van der Waals surface area (Å²) in [6.45, 7) is 4.54. The summed E-state index contributed by atoms with van der Waals surface area (Å²) in [5.41, 5.74) is 2.76. The van der Waals surface area contributed by atoms with Crippen LogP contribution in [0.3, 0.4) is 0 Å². The van der Waals surface area contributed by atoms with Crippen molar-refractivity contribution in [1.29, 1.82) is 0 Å². The zero-order valence-corrected chi connectivity index (χ0v) is 21.1. The molecular formula is C26H32N4O4S. The van der Waals surface area contributed by atoms with Crippen molar-refractivity contribution in [3.63, 3.8) is 0 Å². The third-order valence-electron chi connectivity index (χ3n) is 7.58. The number of aromatic nitrogens is 1. The number of carbonyl (C=O) groups is 2. The number of carbonyl (C=O) groups excluding carboxylic acids is 2. The number of sulfonamides is 1. The van der Waals surface area contributed by atoms with Gasteiger partial charge in [-0.2, -0.15) is 4.31 Å². The number of anilines is 2. The van der Waals surface area contributed by atoms with Crippen LogP contribution < -0.4 is 10.2 Å². The normalized spacial score (nSPS) is 21.4. The van der Waals surface area contributed by atoms with Gasteiger partial charge in [-0.1, -0.05) is 12.5 Å². The van der Waals surface area contributed by atoms with Gasteiger partial charge in [-0.3, -0.25) is 9.59 Å². The Morgan fingerprint density at radius 2 is 1.77 bits per heavy atom. The lowest BCUT2D eigenvalue weighted by Crippen LogP contribution is -2.42. The Morgan fingerprint density at radius 1 is 1.03 bits per heavy atom. The minimum atomic E-state index is -3.68. The highest BCUT2D eigenvalue weighted by atomic mass is 32.2. The molecule has 1 aromatic carbocycles. The Bertz CT molecular complexity index is 1230. The Hall–Kier alpha value is -2.78. The first kappa shape index (κ1) is 23.9. The van der Waals surface area contributed by atoms with Crippen molar-refractivity contribution >= 4 is 33.3 Å². The quantitative estimate of drug-likeness (QED) is 0.683. The molecule has 1 aliphatic carbocycles. The highest BCUT2D eigenvalue weighted by Gasteiger charge is 2.38. The maximum absolute atomic E-state index is 13.4. The van der Waals surface area contributed by atoms with Crippen molar-refractivity contribution in [3.05, 3.63) is 47.7 Å². The van der Waals surface area contributed by atoms with Gasteiger partial charge in [-0.05, 0) is 81.3 Å². The molecule has 3 aliphatic rings. The number of pyridine rings is 1. The molecule has 0 bridgehead atoms. The molecule has 9 heteroatoms. The number of hydrogen-bond donors (Lipinski definition) is 1. The number of aryl methyl sites for hydroxylation is 1. The van der Waals surface area contributed by atoms with Crippen molar-refractivity contribution in [2.45, 2.75) is 63.3 Å². The van der Waals surface area contributed by atoms with Gasteiger partial charge in [0.2, 0.25) is 21.8 Å². The first-order chi connectivity index (χ1) is 16.7. The summed E-state index contributed by atoms with van der Waals surface area (Å²) < 4.78 is 28.2. The molecule has 0 radical (unpaired) electrons. The van der Waals surface area contributed by atoms with E-state index in [0.29, 0.717) is 38.2 Å². The van der Waals surface area contributed by atoms with Crippen molar-refractivity contribution in [1.82, 2.24) is 9.29 Å². The van der Waals surface area contributed by atoms with Crippen molar-refractivity contribution in [2.75, 3.05) is 23.3 Å². The summed E-state index contributed by atoms with van der Waals surface area (Å²) in [5, 5.41) is 2.84. The number of benzene rings is 1. The van der Waals surface area contributed by atoms with E-state index in [1.807, 2.05) is 24.8 Å².